The molecule has 192 valence electrons. The van der Waals surface area contributed by atoms with Gasteiger partial charge in [-0.25, -0.2) is 4.99 Å². The quantitative estimate of drug-likeness (QED) is 0.188. The van der Waals surface area contributed by atoms with E-state index in [1.54, 1.807) is 7.11 Å². The smallest absolute Gasteiger partial charge is 0.136 e. The van der Waals surface area contributed by atoms with Crippen LogP contribution in [0.2, 0.25) is 0 Å². The second-order valence-electron chi connectivity index (χ2n) is 9.60. The number of piperidine rings is 1. The minimum absolute atomic E-state index is 0.245. The van der Waals surface area contributed by atoms with E-state index in [0.717, 1.165) is 30.1 Å². The van der Waals surface area contributed by atoms with Crippen LogP contribution in [0.5, 0.6) is 0 Å². The number of hydrogen-bond donors (Lipinski definition) is 1. The summed E-state index contributed by atoms with van der Waals surface area (Å²) in [6.07, 6.45) is 4.05. The molecular formula is C32H37N3O2. The maximum atomic E-state index is 8.44. The summed E-state index contributed by atoms with van der Waals surface area (Å²) in [5, 5.41) is 8.44. The highest BCUT2D eigenvalue weighted by Crippen LogP contribution is 2.26. The molecule has 1 aliphatic rings. The molecule has 4 rings (SSSR count). The van der Waals surface area contributed by atoms with E-state index in [1.165, 1.54) is 30.5 Å². The number of amidine groups is 1. The zero-order valence-corrected chi connectivity index (χ0v) is 21.7. The molecule has 0 radical (unpaired) electrons. The molecule has 3 aromatic rings. The van der Waals surface area contributed by atoms with E-state index in [1.807, 2.05) is 30.3 Å². The lowest BCUT2D eigenvalue weighted by molar-refractivity contribution is 0.206. The Bertz CT molecular complexity index is 1170. The van der Waals surface area contributed by atoms with E-state index in [2.05, 4.69) is 71.1 Å². The second kappa shape index (κ2) is 13.6. The molecule has 1 saturated heterocycles. The highest BCUT2D eigenvalue weighted by molar-refractivity contribution is 6.06. The van der Waals surface area contributed by atoms with Crippen molar-refractivity contribution >= 4 is 17.2 Å². The topological polar surface area (TPSA) is 57.9 Å². The molecule has 37 heavy (non-hydrogen) atoms. The lowest BCUT2D eigenvalue weighted by Gasteiger charge is -2.33. The first-order chi connectivity index (χ1) is 18.1. The van der Waals surface area contributed by atoms with Gasteiger partial charge in [0.25, 0.3) is 0 Å². The van der Waals surface area contributed by atoms with E-state index < -0.39 is 0 Å². The summed E-state index contributed by atoms with van der Waals surface area (Å²) in [4.78, 5) is 6.94. The van der Waals surface area contributed by atoms with E-state index in [9.17, 15) is 0 Å². The fourth-order valence-electron chi connectivity index (χ4n) is 4.70. The van der Waals surface area contributed by atoms with Crippen molar-refractivity contribution < 1.29 is 9.47 Å². The third-order valence-corrected chi connectivity index (χ3v) is 6.78. The third-order valence-electron chi connectivity index (χ3n) is 6.78. The summed E-state index contributed by atoms with van der Waals surface area (Å²) in [6, 6.07) is 29.3. The van der Waals surface area contributed by atoms with Crippen LogP contribution in [0.25, 0.3) is 0 Å². The van der Waals surface area contributed by atoms with Crippen LogP contribution in [0.3, 0.4) is 0 Å². The Hall–Kier alpha value is -3.70. The fourth-order valence-corrected chi connectivity index (χ4v) is 4.70. The Morgan fingerprint density at radius 3 is 2.14 bits per heavy atom. The second-order valence-corrected chi connectivity index (χ2v) is 9.60. The number of nitrogens with zero attached hydrogens (tertiary/aromatic N) is 2. The molecule has 5 nitrogen and oxygen atoms in total. The highest BCUT2D eigenvalue weighted by atomic mass is 16.5. The van der Waals surface area contributed by atoms with Crippen LogP contribution in [0, 0.1) is 11.3 Å². The standard InChI is InChI=1S/C32H37N3O2/c1-25(37-23-29-11-7-4-8-12-29)31(24-36-2)34-32(33)22-27-13-15-30(16-14-27)35-19-17-28(18-20-35)21-26-9-5-3-6-10-26/h3-16,28,33H,1,17-24H2,2H3. The molecule has 0 bridgehead atoms. The van der Waals surface area contributed by atoms with Gasteiger partial charge >= 0.3 is 0 Å². The van der Waals surface area contributed by atoms with E-state index in [0.29, 0.717) is 24.5 Å². The van der Waals surface area contributed by atoms with Crippen molar-refractivity contribution in [2.24, 2.45) is 10.9 Å². The molecule has 5 heteroatoms. The number of benzene rings is 3. The number of anilines is 1. The molecular weight excluding hydrogens is 458 g/mol. The SMILES string of the molecule is C=C(OCc1ccccc1)C(COC)=NC(=N)Cc1ccc(N2CCC(Cc3ccccc3)CC2)cc1. The molecule has 0 aliphatic carbocycles. The van der Waals surface area contributed by atoms with Gasteiger partial charge in [-0.15, -0.1) is 0 Å². The number of methoxy groups -OCH3 is 1. The lowest BCUT2D eigenvalue weighted by Crippen LogP contribution is -2.34. The molecule has 0 aromatic heterocycles. The van der Waals surface area contributed by atoms with Crippen molar-refractivity contribution in [2.75, 3.05) is 31.7 Å². The van der Waals surface area contributed by atoms with Crippen molar-refractivity contribution in [2.45, 2.75) is 32.3 Å². The van der Waals surface area contributed by atoms with Crippen LogP contribution in [0.1, 0.15) is 29.5 Å². The van der Waals surface area contributed by atoms with Gasteiger partial charge in [-0.05, 0) is 54.0 Å². The lowest BCUT2D eigenvalue weighted by atomic mass is 9.90. The summed E-state index contributed by atoms with van der Waals surface area (Å²) in [7, 11) is 1.60. The van der Waals surface area contributed by atoms with Gasteiger partial charge in [0.15, 0.2) is 0 Å². The molecule has 0 atom stereocenters. The maximum absolute atomic E-state index is 8.44. The monoisotopic (exact) mass is 495 g/mol. The molecule has 0 unspecified atom stereocenters. The summed E-state index contributed by atoms with van der Waals surface area (Å²) in [5.41, 5.74) is 5.34. The first kappa shape index (κ1) is 26.4. The molecule has 0 spiro atoms. The molecule has 1 heterocycles. The number of nitrogens with one attached hydrogen (secondary N) is 1. The van der Waals surface area contributed by atoms with Crippen LogP contribution in [-0.4, -0.2) is 38.4 Å². The summed E-state index contributed by atoms with van der Waals surface area (Å²) < 4.78 is 11.1. The Morgan fingerprint density at radius 2 is 1.51 bits per heavy atom. The number of aliphatic imine (C=N–C) groups is 1. The maximum Gasteiger partial charge on any atom is 0.136 e. The van der Waals surface area contributed by atoms with Crippen molar-refractivity contribution in [3.63, 3.8) is 0 Å². The Kier molecular flexibility index (Phi) is 9.67. The number of rotatable bonds is 11. The van der Waals surface area contributed by atoms with Crippen molar-refractivity contribution in [3.05, 3.63) is 114 Å². The largest absolute Gasteiger partial charge is 0.488 e. The first-order valence-corrected chi connectivity index (χ1v) is 13.0. The minimum atomic E-state index is 0.245. The minimum Gasteiger partial charge on any atom is -0.488 e. The summed E-state index contributed by atoms with van der Waals surface area (Å²) >= 11 is 0. The van der Waals surface area contributed by atoms with Gasteiger partial charge in [-0.3, -0.25) is 5.41 Å². The van der Waals surface area contributed by atoms with E-state index in [4.69, 9.17) is 14.9 Å². The number of hydrogen-bond acceptors (Lipinski definition) is 4. The molecule has 0 amide bonds. The normalized spacial score (nSPS) is 14.4. The van der Waals surface area contributed by atoms with Gasteiger partial charge in [0.2, 0.25) is 0 Å². The molecule has 1 fully saturated rings. The van der Waals surface area contributed by atoms with Crippen LogP contribution >= 0.6 is 0 Å². The molecule has 1 aliphatic heterocycles. The van der Waals surface area contributed by atoms with Crippen LogP contribution in [0.4, 0.5) is 5.69 Å². The molecule has 1 N–H and O–H groups in total. The Labute approximate surface area is 221 Å². The Morgan fingerprint density at radius 1 is 0.892 bits per heavy atom. The number of ether oxygens (including phenoxy) is 2. The van der Waals surface area contributed by atoms with Crippen molar-refractivity contribution in [1.82, 2.24) is 0 Å². The predicted molar refractivity (Wildman–Crippen MR) is 153 cm³/mol. The average molecular weight is 496 g/mol. The zero-order valence-electron chi connectivity index (χ0n) is 21.7. The highest BCUT2D eigenvalue weighted by Gasteiger charge is 2.19. The summed E-state index contributed by atoms with van der Waals surface area (Å²) in [5.74, 6) is 1.44. The fraction of sp³-hybridized carbons (Fsp3) is 0.312. The van der Waals surface area contributed by atoms with Crippen molar-refractivity contribution in [1.29, 1.82) is 5.41 Å². The van der Waals surface area contributed by atoms with Gasteiger partial charge in [0, 0.05) is 32.3 Å². The molecule has 0 saturated carbocycles. The van der Waals surface area contributed by atoms with Crippen LogP contribution in [-0.2, 0) is 28.9 Å². The molecule has 3 aromatic carbocycles. The van der Waals surface area contributed by atoms with Gasteiger partial charge in [-0.1, -0.05) is 79.4 Å². The van der Waals surface area contributed by atoms with Crippen molar-refractivity contribution in [3.8, 4) is 0 Å². The third kappa shape index (κ3) is 8.16. The summed E-state index contributed by atoms with van der Waals surface area (Å²) in [6.45, 7) is 6.83. The zero-order chi connectivity index (χ0) is 25.9. The average Bonchev–Trinajstić information content (AvgIpc) is 2.93. The predicted octanol–water partition coefficient (Wildman–Crippen LogP) is 6.48. The van der Waals surface area contributed by atoms with Crippen LogP contribution < -0.4 is 4.90 Å². The van der Waals surface area contributed by atoms with Gasteiger partial charge in [0.1, 0.15) is 23.9 Å². The van der Waals surface area contributed by atoms with Gasteiger partial charge in [-0.2, -0.15) is 0 Å². The Balaban J connectivity index is 1.27. The first-order valence-electron chi connectivity index (χ1n) is 13.0. The van der Waals surface area contributed by atoms with E-state index >= 15 is 0 Å². The van der Waals surface area contributed by atoms with Gasteiger partial charge < -0.3 is 14.4 Å². The van der Waals surface area contributed by atoms with Gasteiger partial charge in [0.05, 0.1) is 6.61 Å². The van der Waals surface area contributed by atoms with Crippen LogP contribution in [0.15, 0.2) is 102 Å². The van der Waals surface area contributed by atoms with E-state index in [-0.39, 0.29) is 12.4 Å².